The summed E-state index contributed by atoms with van der Waals surface area (Å²) in [6, 6.07) is 15.8. The molecule has 184 valence electrons. The van der Waals surface area contributed by atoms with Gasteiger partial charge in [0, 0.05) is 47.2 Å². The molecule has 36 heavy (non-hydrogen) atoms. The summed E-state index contributed by atoms with van der Waals surface area (Å²) in [5.74, 6) is -0.635. The van der Waals surface area contributed by atoms with Crippen LogP contribution in [0.2, 0.25) is 0 Å². The number of hydrogen-bond acceptors (Lipinski definition) is 5. The molecule has 6 heteroatoms. The molecule has 0 radical (unpaired) electrons. The van der Waals surface area contributed by atoms with Gasteiger partial charge in [-0.1, -0.05) is 43.3 Å². The Morgan fingerprint density at radius 1 is 0.944 bits per heavy atom. The standard InChI is InChI=1S/C30H31N3O3/c1-2-16-32-17-15-25-23(18-32)29(22-11-3-6-12-24(22)31-25)30(35)36-19-28(34)33-26-13-7-4-9-20(26)21-10-5-8-14-27(21)33/h3-4,6-7,9,11-13H,2,5,8,10,14-19H2,1H3. The number of fused-ring (bicyclic) bond motifs is 5. The van der Waals surface area contributed by atoms with Gasteiger partial charge in [0.05, 0.1) is 16.6 Å². The Morgan fingerprint density at radius 2 is 1.72 bits per heavy atom. The van der Waals surface area contributed by atoms with E-state index in [2.05, 4.69) is 17.9 Å². The van der Waals surface area contributed by atoms with E-state index in [1.807, 2.05) is 42.5 Å². The maximum atomic E-state index is 13.6. The smallest absolute Gasteiger partial charge is 0.339 e. The summed E-state index contributed by atoms with van der Waals surface area (Å²) >= 11 is 0. The van der Waals surface area contributed by atoms with Gasteiger partial charge < -0.3 is 4.74 Å². The number of pyridine rings is 1. The quantitative estimate of drug-likeness (QED) is 0.360. The molecule has 0 saturated carbocycles. The number of benzene rings is 2. The molecule has 2 aromatic carbocycles. The summed E-state index contributed by atoms with van der Waals surface area (Å²) in [4.78, 5) is 34.3. The molecule has 3 heterocycles. The molecule has 6 rings (SSSR count). The Kier molecular flexibility index (Phi) is 6.05. The zero-order valence-electron chi connectivity index (χ0n) is 20.8. The highest BCUT2D eigenvalue weighted by Crippen LogP contribution is 2.32. The van der Waals surface area contributed by atoms with Crippen LogP contribution in [0.1, 0.15) is 63.9 Å². The van der Waals surface area contributed by atoms with Crippen molar-refractivity contribution in [2.45, 2.75) is 52.0 Å². The summed E-state index contributed by atoms with van der Waals surface area (Å²) in [6.07, 6.45) is 5.93. The monoisotopic (exact) mass is 481 g/mol. The first-order chi connectivity index (χ1) is 17.7. The van der Waals surface area contributed by atoms with Crippen molar-refractivity contribution in [3.05, 3.63) is 76.6 Å². The topological polar surface area (TPSA) is 64.4 Å². The van der Waals surface area contributed by atoms with E-state index in [0.717, 1.165) is 90.4 Å². The molecule has 2 aliphatic rings. The second-order valence-electron chi connectivity index (χ2n) is 9.91. The first-order valence-corrected chi connectivity index (χ1v) is 13.1. The fraction of sp³-hybridized carbons (Fsp3) is 0.367. The van der Waals surface area contributed by atoms with Gasteiger partial charge in [-0.2, -0.15) is 0 Å². The Balaban J connectivity index is 1.33. The predicted molar refractivity (Wildman–Crippen MR) is 141 cm³/mol. The number of ether oxygens (including phenoxy) is 1. The molecule has 6 nitrogen and oxygen atoms in total. The van der Waals surface area contributed by atoms with E-state index in [-0.39, 0.29) is 12.5 Å². The van der Waals surface area contributed by atoms with Crippen molar-refractivity contribution in [2.75, 3.05) is 19.7 Å². The summed E-state index contributed by atoms with van der Waals surface area (Å²) in [5, 5.41) is 1.92. The van der Waals surface area contributed by atoms with E-state index in [9.17, 15) is 9.59 Å². The van der Waals surface area contributed by atoms with Crippen LogP contribution in [0.5, 0.6) is 0 Å². The summed E-state index contributed by atoms with van der Waals surface area (Å²) in [6.45, 7) is 4.47. The van der Waals surface area contributed by atoms with E-state index in [1.54, 1.807) is 4.57 Å². The molecule has 0 saturated heterocycles. The minimum absolute atomic E-state index is 0.192. The maximum Gasteiger partial charge on any atom is 0.339 e. The first kappa shape index (κ1) is 22.9. The SMILES string of the molecule is CCCN1CCc2nc3ccccc3c(C(=O)OCC(=O)n3c4c(c5ccccc53)CCCC4)c2C1. The van der Waals surface area contributed by atoms with Gasteiger partial charge in [0.2, 0.25) is 0 Å². The van der Waals surface area contributed by atoms with E-state index in [1.165, 1.54) is 5.56 Å². The Hall–Kier alpha value is -3.51. The number of carbonyl (C=O) groups is 2. The van der Waals surface area contributed by atoms with Crippen LogP contribution in [0.15, 0.2) is 48.5 Å². The van der Waals surface area contributed by atoms with Crippen LogP contribution in [0.4, 0.5) is 0 Å². The van der Waals surface area contributed by atoms with E-state index >= 15 is 0 Å². The largest absolute Gasteiger partial charge is 0.452 e. The lowest BCUT2D eigenvalue weighted by atomic mass is 9.95. The maximum absolute atomic E-state index is 13.6. The second-order valence-corrected chi connectivity index (χ2v) is 9.91. The normalized spacial score (nSPS) is 15.6. The summed E-state index contributed by atoms with van der Waals surface area (Å²) < 4.78 is 7.56. The highest BCUT2D eigenvalue weighted by atomic mass is 16.5. The molecule has 0 N–H and O–H groups in total. The fourth-order valence-corrected chi connectivity index (χ4v) is 6.03. The van der Waals surface area contributed by atoms with Gasteiger partial charge >= 0.3 is 5.97 Å². The minimum atomic E-state index is -0.443. The zero-order valence-corrected chi connectivity index (χ0v) is 20.8. The molecule has 0 bridgehead atoms. The Morgan fingerprint density at radius 3 is 2.58 bits per heavy atom. The average molecular weight is 482 g/mol. The lowest BCUT2D eigenvalue weighted by molar-refractivity contribution is 0.0448. The van der Waals surface area contributed by atoms with Crippen molar-refractivity contribution >= 4 is 33.7 Å². The van der Waals surface area contributed by atoms with Crippen LogP contribution in [-0.4, -0.2) is 46.0 Å². The molecular formula is C30H31N3O3. The van der Waals surface area contributed by atoms with Gasteiger partial charge in [-0.25, -0.2) is 4.79 Å². The number of aryl methyl sites for hydroxylation is 1. The molecule has 4 aromatic rings. The third-order valence-electron chi connectivity index (χ3n) is 7.62. The molecule has 1 aliphatic carbocycles. The molecule has 0 spiro atoms. The van der Waals surface area contributed by atoms with Gasteiger partial charge in [0.1, 0.15) is 0 Å². The highest BCUT2D eigenvalue weighted by Gasteiger charge is 2.28. The van der Waals surface area contributed by atoms with E-state index in [0.29, 0.717) is 12.1 Å². The Bertz CT molecular complexity index is 1490. The van der Waals surface area contributed by atoms with Crippen molar-refractivity contribution in [1.82, 2.24) is 14.5 Å². The van der Waals surface area contributed by atoms with Crippen molar-refractivity contribution in [2.24, 2.45) is 0 Å². The van der Waals surface area contributed by atoms with E-state index in [4.69, 9.17) is 9.72 Å². The van der Waals surface area contributed by atoms with Gasteiger partial charge in [-0.15, -0.1) is 0 Å². The number of aromatic nitrogens is 2. The summed E-state index contributed by atoms with van der Waals surface area (Å²) in [7, 11) is 0. The number of esters is 1. The van der Waals surface area contributed by atoms with Crippen LogP contribution >= 0.6 is 0 Å². The lowest BCUT2D eigenvalue weighted by Gasteiger charge is -2.29. The first-order valence-electron chi connectivity index (χ1n) is 13.1. The molecule has 0 fully saturated rings. The fourth-order valence-electron chi connectivity index (χ4n) is 6.03. The van der Waals surface area contributed by atoms with Gasteiger partial charge in [-0.3, -0.25) is 19.2 Å². The molecular weight excluding hydrogens is 450 g/mol. The molecule has 0 amide bonds. The van der Waals surface area contributed by atoms with Crippen molar-refractivity contribution in [3.8, 4) is 0 Å². The number of nitrogens with zero attached hydrogens (tertiary/aromatic N) is 3. The Labute approximate surface area is 210 Å². The second kappa shape index (κ2) is 9.51. The molecule has 1 aliphatic heterocycles. The van der Waals surface area contributed by atoms with Crippen LogP contribution in [-0.2, 0) is 30.5 Å². The molecule has 0 unspecified atom stereocenters. The predicted octanol–water partition coefficient (Wildman–Crippen LogP) is 5.33. The van der Waals surface area contributed by atoms with Gasteiger partial charge in [0.15, 0.2) is 6.61 Å². The van der Waals surface area contributed by atoms with Crippen LogP contribution in [0.3, 0.4) is 0 Å². The van der Waals surface area contributed by atoms with E-state index < -0.39 is 5.97 Å². The van der Waals surface area contributed by atoms with Crippen LogP contribution < -0.4 is 0 Å². The third-order valence-corrected chi connectivity index (χ3v) is 7.62. The molecule has 0 atom stereocenters. The number of carbonyl (C=O) groups excluding carboxylic acids is 2. The van der Waals surface area contributed by atoms with Gasteiger partial charge in [-0.05, 0) is 56.3 Å². The number of hydrogen-bond donors (Lipinski definition) is 0. The van der Waals surface area contributed by atoms with Crippen LogP contribution in [0, 0.1) is 0 Å². The van der Waals surface area contributed by atoms with Crippen molar-refractivity contribution in [1.29, 1.82) is 0 Å². The minimum Gasteiger partial charge on any atom is -0.452 e. The zero-order chi connectivity index (χ0) is 24.6. The lowest BCUT2D eigenvalue weighted by Crippen LogP contribution is -2.33. The van der Waals surface area contributed by atoms with Crippen molar-refractivity contribution < 1.29 is 14.3 Å². The summed E-state index contributed by atoms with van der Waals surface area (Å²) in [5.41, 5.74) is 6.51. The average Bonchev–Trinajstić information content (AvgIpc) is 3.25. The number of rotatable bonds is 5. The number of para-hydroxylation sites is 2. The van der Waals surface area contributed by atoms with Crippen LogP contribution in [0.25, 0.3) is 21.8 Å². The third kappa shape index (κ3) is 3.90. The van der Waals surface area contributed by atoms with Gasteiger partial charge in [0.25, 0.3) is 5.91 Å². The highest BCUT2D eigenvalue weighted by molar-refractivity contribution is 6.06. The molecule has 2 aromatic heterocycles. The van der Waals surface area contributed by atoms with Crippen molar-refractivity contribution in [3.63, 3.8) is 0 Å².